The Labute approximate surface area is 302 Å². The molecule has 1 aromatic rings. The second-order valence-corrected chi connectivity index (χ2v) is 18.8. The van der Waals surface area contributed by atoms with E-state index in [2.05, 4.69) is 41.7 Å². The SMILES string of the molecule is C=CCNC(=O)C(=O)C(CC1CC1)NC(=O)[C@@H]1C2C(CN1C(=O)[C@@H](NC(=O)NC1(CS(=O)(=O)c3ccccc3)CCCCC1)C(C)(C)C)C2(C)C. The number of nitrogens with zero attached hydrogens (tertiary/aromatic N) is 1. The number of sulfone groups is 1. The summed E-state index contributed by atoms with van der Waals surface area (Å²) >= 11 is 0. The van der Waals surface area contributed by atoms with Gasteiger partial charge in [0.05, 0.1) is 22.2 Å². The van der Waals surface area contributed by atoms with Crippen LogP contribution >= 0.6 is 0 Å². The maximum absolute atomic E-state index is 14.5. The monoisotopic (exact) mass is 725 g/mol. The van der Waals surface area contributed by atoms with Crippen LogP contribution in [0.1, 0.15) is 86.0 Å². The summed E-state index contributed by atoms with van der Waals surface area (Å²) in [6.45, 7) is 13.6. The fourth-order valence-electron chi connectivity index (χ4n) is 8.23. The van der Waals surface area contributed by atoms with E-state index in [0.717, 1.165) is 32.1 Å². The molecule has 3 aliphatic carbocycles. The zero-order valence-electron chi connectivity index (χ0n) is 30.6. The number of likely N-dealkylation sites (tertiary alicyclic amines) is 1. The minimum Gasteiger partial charge on any atom is -0.346 e. The van der Waals surface area contributed by atoms with E-state index in [0.29, 0.717) is 25.8 Å². The summed E-state index contributed by atoms with van der Waals surface area (Å²) in [5.41, 5.74) is -2.00. The number of piperidine rings is 1. The first kappa shape index (κ1) is 38.5. The van der Waals surface area contributed by atoms with Crippen molar-refractivity contribution in [2.75, 3.05) is 18.8 Å². The zero-order valence-corrected chi connectivity index (χ0v) is 31.4. The van der Waals surface area contributed by atoms with E-state index >= 15 is 0 Å². The second kappa shape index (κ2) is 14.7. The van der Waals surface area contributed by atoms with Crippen LogP contribution < -0.4 is 21.3 Å². The third-order valence-electron chi connectivity index (χ3n) is 11.4. The van der Waals surface area contributed by atoms with Gasteiger partial charge in [-0.1, -0.05) is 91.0 Å². The number of nitrogens with one attached hydrogen (secondary N) is 4. The lowest BCUT2D eigenvalue weighted by Gasteiger charge is -2.40. The smallest absolute Gasteiger partial charge is 0.315 e. The summed E-state index contributed by atoms with van der Waals surface area (Å²) < 4.78 is 27.0. The number of carbonyl (C=O) groups excluding carboxylic acids is 5. The molecule has 1 aromatic carbocycles. The van der Waals surface area contributed by atoms with Crippen LogP contribution in [0.4, 0.5) is 4.79 Å². The van der Waals surface area contributed by atoms with Crippen molar-refractivity contribution >= 4 is 39.4 Å². The van der Waals surface area contributed by atoms with Gasteiger partial charge in [-0.25, -0.2) is 13.2 Å². The normalized spacial score (nSPS) is 24.6. The van der Waals surface area contributed by atoms with Gasteiger partial charge >= 0.3 is 6.03 Å². The second-order valence-electron chi connectivity index (χ2n) is 16.8. The lowest BCUT2D eigenvalue weighted by atomic mass is 9.83. The first-order valence-electron chi connectivity index (χ1n) is 18.3. The molecule has 0 radical (unpaired) electrons. The number of Topliss-reactive ketones (excluding diaryl/α,β-unsaturated/α-hetero) is 1. The number of carbonyl (C=O) groups is 5. The van der Waals surface area contributed by atoms with Crippen LogP contribution in [0, 0.1) is 28.6 Å². The predicted molar refractivity (Wildman–Crippen MR) is 193 cm³/mol. The number of hydrogen-bond donors (Lipinski definition) is 4. The maximum Gasteiger partial charge on any atom is 0.315 e. The molecule has 12 nitrogen and oxygen atoms in total. The molecule has 51 heavy (non-hydrogen) atoms. The average molecular weight is 726 g/mol. The summed E-state index contributed by atoms with van der Waals surface area (Å²) in [4.78, 5) is 70.0. The number of amides is 5. The minimum atomic E-state index is -3.73. The van der Waals surface area contributed by atoms with Crippen molar-refractivity contribution in [3.63, 3.8) is 0 Å². The molecule has 0 bridgehead atoms. The highest BCUT2D eigenvalue weighted by Gasteiger charge is 2.70. The van der Waals surface area contributed by atoms with Gasteiger partial charge < -0.3 is 26.2 Å². The Morgan fingerprint density at radius 1 is 1.00 bits per heavy atom. The summed E-state index contributed by atoms with van der Waals surface area (Å²) in [5.74, 6) is -2.56. The molecule has 4 N–H and O–H groups in total. The summed E-state index contributed by atoms with van der Waals surface area (Å²) in [5, 5.41) is 11.2. The Balaban J connectivity index is 1.34. The highest BCUT2D eigenvalue weighted by Crippen LogP contribution is 2.65. The van der Waals surface area contributed by atoms with Crippen molar-refractivity contribution in [2.24, 2.45) is 28.6 Å². The van der Waals surface area contributed by atoms with E-state index in [9.17, 15) is 32.4 Å². The van der Waals surface area contributed by atoms with Gasteiger partial charge in [0.2, 0.25) is 17.6 Å². The highest BCUT2D eigenvalue weighted by atomic mass is 32.2. The zero-order chi connectivity index (χ0) is 37.4. The predicted octanol–water partition coefficient (Wildman–Crippen LogP) is 3.52. The van der Waals surface area contributed by atoms with Gasteiger partial charge in [0.15, 0.2) is 9.84 Å². The van der Waals surface area contributed by atoms with Crippen LogP contribution in [0.25, 0.3) is 0 Å². The molecular formula is C38H55N5O7S. The molecule has 3 saturated carbocycles. The van der Waals surface area contributed by atoms with Gasteiger partial charge in [0.1, 0.15) is 12.1 Å². The van der Waals surface area contributed by atoms with Crippen LogP contribution in [-0.2, 0) is 29.0 Å². The molecule has 5 amide bonds. The molecule has 13 heteroatoms. The van der Waals surface area contributed by atoms with Gasteiger partial charge in [-0.15, -0.1) is 6.58 Å². The lowest BCUT2D eigenvalue weighted by Crippen LogP contribution is -2.63. The molecule has 0 aromatic heterocycles. The number of ketones is 1. The van der Waals surface area contributed by atoms with Crippen molar-refractivity contribution in [1.82, 2.24) is 26.2 Å². The summed E-state index contributed by atoms with van der Waals surface area (Å²) in [6, 6.07) is 4.60. The molecule has 0 spiro atoms. The van der Waals surface area contributed by atoms with Crippen LogP contribution in [0.5, 0.6) is 0 Å². The lowest BCUT2D eigenvalue weighted by molar-refractivity contribution is -0.145. The van der Waals surface area contributed by atoms with Crippen molar-refractivity contribution in [2.45, 2.75) is 115 Å². The van der Waals surface area contributed by atoms with Gasteiger partial charge in [0.25, 0.3) is 5.91 Å². The molecule has 1 saturated heterocycles. The van der Waals surface area contributed by atoms with Crippen LogP contribution in [-0.4, -0.2) is 85.4 Å². The van der Waals surface area contributed by atoms with E-state index in [1.807, 2.05) is 20.8 Å². The molecule has 1 heterocycles. The fourth-order valence-corrected chi connectivity index (χ4v) is 10.1. The highest BCUT2D eigenvalue weighted by molar-refractivity contribution is 7.91. The van der Waals surface area contributed by atoms with Crippen molar-refractivity contribution in [3.05, 3.63) is 43.0 Å². The van der Waals surface area contributed by atoms with Gasteiger partial charge in [0, 0.05) is 13.1 Å². The average Bonchev–Trinajstić information content (AvgIpc) is 3.92. The Hall–Kier alpha value is -3.74. The third-order valence-corrected chi connectivity index (χ3v) is 13.4. The number of benzene rings is 1. The number of rotatable bonds is 14. The van der Waals surface area contributed by atoms with Crippen molar-refractivity contribution in [3.8, 4) is 0 Å². The molecule has 4 fully saturated rings. The van der Waals surface area contributed by atoms with E-state index in [-0.39, 0.29) is 40.4 Å². The number of hydrogen-bond acceptors (Lipinski definition) is 7. The third kappa shape index (κ3) is 8.67. The molecule has 3 unspecified atom stereocenters. The number of urea groups is 1. The van der Waals surface area contributed by atoms with E-state index in [4.69, 9.17) is 0 Å². The van der Waals surface area contributed by atoms with E-state index in [1.165, 1.54) is 11.0 Å². The minimum absolute atomic E-state index is 0.0498. The van der Waals surface area contributed by atoms with Gasteiger partial charge in [-0.3, -0.25) is 19.2 Å². The Kier molecular flexibility index (Phi) is 11.1. The molecular weight excluding hydrogens is 671 g/mol. The largest absolute Gasteiger partial charge is 0.346 e. The molecule has 5 atom stereocenters. The molecule has 4 aliphatic rings. The molecule has 1 aliphatic heterocycles. The fraction of sp³-hybridized carbons (Fsp3) is 0.658. The van der Waals surface area contributed by atoms with Crippen LogP contribution in [0.15, 0.2) is 47.9 Å². The standard InChI is InChI=1S/C38H55N5O7S/c1-7-20-39-33(46)30(44)27(21-24-16-17-24)40-32(45)29-28-26(37(28,5)6)22-43(29)34(47)31(36(2,3)4)41-35(48)42-38(18-12-9-13-19-38)23-51(49,50)25-14-10-8-11-15-25/h7-8,10-11,14-15,24,26-29,31H,1,9,12-13,16-23H2,2-6H3,(H,39,46)(H,40,45)(H2,41,42,48)/t26?,27?,28?,29-,31+/m0/s1. The summed E-state index contributed by atoms with van der Waals surface area (Å²) in [7, 11) is -3.73. The van der Waals surface area contributed by atoms with Crippen molar-refractivity contribution < 1.29 is 32.4 Å². The van der Waals surface area contributed by atoms with Crippen molar-refractivity contribution in [1.29, 1.82) is 0 Å². The summed E-state index contributed by atoms with van der Waals surface area (Å²) in [6.07, 6.45) is 7.07. The molecule has 280 valence electrons. The quantitative estimate of drug-likeness (QED) is 0.168. The van der Waals surface area contributed by atoms with Crippen LogP contribution in [0.3, 0.4) is 0 Å². The van der Waals surface area contributed by atoms with Gasteiger partial charge in [-0.05, 0) is 60.0 Å². The van der Waals surface area contributed by atoms with E-state index in [1.54, 1.807) is 30.3 Å². The Morgan fingerprint density at radius 2 is 1.65 bits per heavy atom. The Morgan fingerprint density at radius 3 is 2.24 bits per heavy atom. The Bertz CT molecular complexity index is 1630. The van der Waals surface area contributed by atoms with E-state index < -0.39 is 68.5 Å². The maximum atomic E-state index is 14.5. The topological polar surface area (TPSA) is 171 Å². The van der Waals surface area contributed by atoms with Gasteiger partial charge in [-0.2, -0.15) is 0 Å². The first-order valence-corrected chi connectivity index (χ1v) is 20.0. The van der Waals surface area contributed by atoms with Crippen LogP contribution in [0.2, 0.25) is 0 Å². The molecule has 5 rings (SSSR count). The first-order chi connectivity index (χ1) is 23.9. The number of fused-ring (bicyclic) bond motifs is 1.